The first-order valence-electron chi connectivity index (χ1n) is 12.3. The summed E-state index contributed by atoms with van der Waals surface area (Å²) < 4.78 is 16.9. The predicted molar refractivity (Wildman–Crippen MR) is 143 cm³/mol. The van der Waals surface area contributed by atoms with Crippen LogP contribution in [0.15, 0.2) is 46.7 Å². The van der Waals surface area contributed by atoms with Crippen LogP contribution in [-0.2, 0) is 11.2 Å². The number of carbonyl (C=O) groups excluding carboxylic acids is 2. The highest BCUT2D eigenvalue weighted by molar-refractivity contribution is 6.35. The Kier molecular flexibility index (Phi) is 6.65. The molecule has 0 amide bonds. The van der Waals surface area contributed by atoms with E-state index in [4.69, 9.17) is 25.8 Å². The van der Waals surface area contributed by atoms with Crippen molar-refractivity contribution >= 4 is 39.9 Å². The van der Waals surface area contributed by atoms with E-state index in [-0.39, 0.29) is 45.6 Å². The molecule has 1 aromatic heterocycles. The van der Waals surface area contributed by atoms with E-state index < -0.39 is 23.1 Å². The second-order valence-corrected chi connectivity index (χ2v) is 9.87. The number of halogens is 1. The maximum atomic E-state index is 13.8. The highest BCUT2D eigenvalue weighted by Crippen LogP contribution is 2.54. The van der Waals surface area contributed by atoms with Crippen LogP contribution in [-0.4, -0.2) is 58.7 Å². The zero-order valence-electron chi connectivity index (χ0n) is 21.6. The second-order valence-electron chi connectivity index (χ2n) is 9.49. The smallest absolute Gasteiger partial charge is 0.231 e. The molecule has 9 nitrogen and oxygen atoms in total. The highest BCUT2D eigenvalue weighted by Gasteiger charge is 2.61. The third-order valence-corrected chi connectivity index (χ3v) is 7.55. The number of nitrogens with one attached hydrogen (secondary N) is 1. The van der Waals surface area contributed by atoms with Gasteiger partial charge >= 0.3 is 0 Å². The number of fused-ring (bicyclic) bond motifs is 2. The third-order valence-electron chi connectivity index (χ3n) is 7.19. The van der Waals surface area contributed by atoms with Crippen molar-refractivity contribution in [2.45, 2.75) is 38.7 Å². The van der Waals surface area contributed by atoms with Crippen molar-refractivity contribution in [1.82, 2.24) is 9.97 Å². The number of aryl methyl sites for hydroxylation is 1. The minimum Gasteiger partial charge on any atom is -0.507 e. The topological polar surface area (TPSA) is 123 Å². The van der Waals surface area contributed by atoms with Crippen molar-refractivity contribution in [2.75, 3.05) is 20.8 Å². The number of aromatic amines is 1. The van der Waals surface area contributed by atoms with Gasteiger partial charge in [0.2, 0.25) is 11.4 Å². The largest absolute Gasteiger partial charge is 0.507 e. The van der Waals surface area contributed by atoms with Gasteiger partial charge in [-0.05, 0) is 25.5 Å². The van der Waals surface area contributed by atoms with E-state index in [9.17, 15) is 14.7 Å². The van der Waals surface area contributed by atoms with Crippen LogP contribution in [0.1, 0.15) is 42.9 Å². The van der Waals surface area contributed by atoms with Crippen LogP contribution in [0.2, 0.25) is 5.02 Å². The number of allylic oxidation sites excluding steroid dienone is 1. The Hall–Kier alpha value is -3.85. The van der Waals surface area contributed by atoms with Crippen molar-refractivity contribution in [3.05, 3.63) is 58.1 Å². The molecule has 5 rings (SSSR count). The normalized spacial score (nSPS) is 21.3. The number of hydrogen-bond acceptors (Lipinski definition) is 8. The SMILES string of the molecule is COc1cc(OC)c2c(c1Cl)O[C@]1(C2=O)C(O)=C(C(C)=NCCCc2nc3ccccc3[nH]2)C(=O)C[C@H]1C. The fourth-order valence-electron chi connectivity index (χ4n) is 5.23. The van der Waals surface area contributed by atoms with Gasteiger partial charge in [-0.25, -0.2) is 4.98 Å². The number of ketones is 2. The number of hydrogen-bond donors (Lipinski definition) is 2. The quantitative estimate of drug-likeness (QED) is 0.319. The van der Waals surface area contributed by atoms with Gasteiger partial charge in [-0.1, -0.05) is 30.7 Å². The molecule has 10 heteroatoms. The molecule has 1 aliphatic carbocycles. The Morgan fingerprint density at radius 3 is 2.71 bits per heavy atom. The van der Waals surface area contributed by atoms with Crippen molar-refractivity contribution in [3.63, 3.8) is 0 Å². The van der Waals surface area contributed by atoms with Crippen LogP contribution in [0, 0.1) is 5.92 Å². The molecule has 1 spiro atoms. The molecule has 3 aromatic rings. The standard InChI is InChI=1S/C28H28ClN3O6/c1-14-12-18(33)22(15(2)30-11-7-10-21-31-16-8-5-6-9-17(16)32-21)26(34)28(14)27(35)23-19(36-3)13-20(37-4)24(29)25(23)38-28/h5-6,8-9,13-14,34H,7,10-12H2,1-4H3,(H,31,32)/t14-,28+/m1/s1. The number of benzene rings is 2. The molecule has 2 aliphatic rings. The number of para-hydroxylation sites is 2. The molecule has 198 valence electrons. The average molecular weight is 538 g/mol. The molecule has 0 fully saturated rings. The molecule has 0 saturated carbocycles. The summed E-state index contributed by atoms with van der Waals surface area (Å²) >= 11 is 6.48. The molecule has 38 heavy (non-hydrogen) atoms. The summed E-state index contributed by atoms with van der Waals surface area (Å²) in [6, 6.07) is 9.30. The molecule has 0 unspecified atom stereocenters. The number of aliphatic imine (C=N–C) groups is 1. The lowest BCUT2D eigenvalue weighted by Crippen LogP contribution is -2.53. The van der Waals surface area contributed by atoms with Crippen molar-refractivity contribution in [1.29, 1.82) is 0 Å². The fourth-order valence-corrected chi connectivity index (χ4v) is 5.49. The Balaban J connectivity index is 1.44. The number of aliphatic hydroxyl groups is 1. The molecule has 2 atom stereocenters. The van der Waals surface area contributed by atoms with Crippen LogP contribution >= 0.6 is 11.6 Å². The second kappa shape index (κ2) is 9.79. The average Bonchev–Trinajstić information content (AvgIpc) is 3.45. The lowest BCUT2D eigenvalue weighted by molar-refractivity contribution is -0.118. The number of Topliss-reactive ketones (excluding diaryl/α,β-unsaturated/α-hetero) is 2. The summed E-state index contributed by atoms with van der Waals surface area (Å²) in [4.78, 5) is 39.3. The van der Waals surface area contributed by atoms with Gasteiger partial charge in [-0.2, -0.15) is 0 Å². The molecule has 2 N–H and O–H groups in total. The van der Waals surface area contributed by atoms with Crippen LogP contribution < -0.4 is 14.2 Å². The molecular weight excluding hydrogens is 510 g/mol. The van der Waals surface area contributed by atoms with Crippen LogP contribution in [0.4, 0.5) is 0 Å². The number of aromatic nitrogens is 2. The number of aliphatic hydroxyl groups excluding tert-OH is 1. The summed E-state index contributed by atoms with van der Waals surface area (Å²) in [7, 11) is 2.85. The first-order chi connectivity index (χ1) is 18.2. The predicted octanol–water partition coefficient (Wildman–Crippen LogP) is 5.06. The van der Waals surface area contributed by atoms with Gasteiger partial charge in [0.25, 0.3) is 0 Å². The number of rotatable bonds is 7. The Morgan fingerprint density at radius 1 is 1.26 bits per heavy atom. The molecule has 0 bridgehead atoms. The summed E-state index contributed by atoms with van der Waals surface area (Å²) in [6.07, 6.45) is 1.33. The number of carbonyl (C=O) groups is 2. The van der Waals surface area contributed by atoms with E-state index in [0.29, 0.717) is 25.1 Å². The highest BCUT2D eigenvalue weighted by atomic mass is 35.5. The van der Waals surface area contributed by atoms with E-state index in [2.05, 4.69) is 15.0 Å². The van der Waals surface area contributed by atoms with Gasteiger partial charge in [0.05, 0.1) is 30.8 Å². The number of nitrogens with zero attached hydrogens (tertiary/aromatic N) is 2. The summed E-state index contributed by atoms with van der Waals surface area (Å²) in [5.74, 6) is -0.574. The van der Waals surface area contributed by atoms with Crippen molar-refractivity contribution < 1.29 is 28.9 Å². The van der Waals surface area contributed by atoms with E-state index in [1.54, 1.807) is 13.8 Å². The Bertz CT molecular complexity index is 1490. The van der Waals surface area contributed by atoms with Gasteiger partial charge in [0.15, 0.2) is 17.3 Å². The van der Waals surface area contributed by atoms with Gasteiger partial charge in [-0.15, -0.1) is 0 Å². The van der Waals surface area contributed by atoms with E-state index >= 15 is 0 Å². The van der Waals surface area contributed by atoms with Crippen LogP contribution in [0.25, 0.3) is 11.0 Å². The Morgan fingerprint density at radius 2 is 2.00 bits per heavy atom. The number of H-pyrrole nitrogens is 1. The Labute approximate surface area is 224 Å². The van der Waals surface area contributed by atoms with Gasteiger partial charge in [-0.3, -0.25) is 14.6 Å². The molecule has 2 aromatic carbocycles. The van der Waals surface area contributed by atoms with Gasteiger partial charge in [0, 0.05) is 37.1 Å². The number of imidazole rings is 1. The molecule has 0 saturated heterocycles. The van der Waals surface area contributed by atoms with Crippen LogP contribution in [0.3, 0.4) is 0 Å². The first kappa shape index (κ1) is 25.8. The molecule has 0 radical (unpaired) electrons. The van der Waals surface area contributed by atoms with Crippen LogP contribution in [0.5, 0.6) is 17.2 Å². The maximum Gasteiger partial charge on any atom is 0.231 e. The third kappa shape index (κ3) is 3.93. The molecule has 1 aliphatic heterocycles. The van der Waals surface area contributed by atoms with Crippen molar-refractivity contribution in [2.24, 2.45) is 10.9 Å². The maximum absolute atomic E-state index is 13.8. The van der Waals surface area contributed by atoms with Gasteiger partial charge in [0.1, 0.15) is 27.9 Å². The zero-order valence-corrected chi connectivity index (χ0v) is 22.3. The number of ether oxygens (including phenoxy) is 3. The summed E-state index contributed by atoms with van der Waals surface area (Å²) in [5.41, 5.74) is 0.495. The summed E-state index contributed by atoms with van der Waals surface area (Å²) in [5, 5.41) is 11.6. The minimum absolute atomic E-state index is 0.00459. The number of methoxy groups -OCH3 is 2. The van der Waals surface area contributed by atoms with E-state index in [1.807, 2.05) is 24.3 Å². The van der Waals surface area contributed by atoms with Gasteiger partial charge < -0.3 is 24.3 Å². The fraction of sp³-hybridized carbons (Fsp3) is 0.357. The lowest BCUT2D eigenvalue weighted by atomic mass is 9.72. The van der Waals surface area contributed by atoms with E-state index in [1.165, 1.54) is 20.3 Å². The molecular formula is C28H28ClN3O6. The minimum atomic E-state index is -1.82. The lowest BCUT2D eigenvalue weighted by Gasteiger charge is -2.37. The summed E-state index contributed by atoms with van der Waals surface area (Å²) in [6.45, 7) is 3.74. The monoisotopic (exact) mass is 537 g/mol. The van der Waals surface area contributed by atoms with Crippen molar-refractivity contribution in [3.8, 4) is 17.2 Å². The molecule has 2 heterocycles. The van der Waals surface area contributed by atoms with E-state index in [0.717, 1.165) is 16.9 Å². The first-order valence-corrected chi connectivity index (χ1v) is 12.7. The zero-order chi connectivity index (χ0) is 27.2.